The fraction of sp³-hybridized carbons (Fsp3) is 0.0714. The minimum absolute atomic E-state index is 0.340. The normalized spacial score (nSPS) is 10.2. The van der Waals surface area contributed by atoms with E-state index < -0.39 is 0 Å². The first-order chi connectivity index (χ1) is 9.52. The highest BCUT2D eigenvalue weighted by Gasteiger charge is 2.14. The van der Waals surface area contributed by atoms with Gasteiger partial charge < -0.3 is 10.7 Å². The predicted octanol–water partition coefficient (Wildman–Crippen LogP) is 3.84. The van der Waals surface area contributed by atoms with Gasteiger partial charge in [0.25, 0.3) is 5.91 Å². The van der Waals surface area contributed by atoms with E-state index in [4.69, 9.17) is 29.0 Å². The molecule has 2 rings (SSSR count). The SMILES string of the molecule is Cc1ccc(C(=O)Nc2c(Cl)cccc2Cl)c(NN)c1. The molecule has 0 aliphatic heterocycles. The number of hydrazine groups is 1. The van der Waals surface area contributed by atoms with E-state index in [0.29, 0.717) is 27.0 Å². The lowest BCUT2D eigenvalue weighted by atomic mass is 10.1. The molecule has 0 unspecified atom stereocenters. The molecule has 2 aromatic rings. The Morgan fingerprint density at radius 3 is 2.40 bits per heavy atom. The van der Waals surface area contributed by atoms with E-state index in [-0.39, 0.29) is 5.91 Å². The van der Waals surface area contributed by atoms with Gasteiger partial charge in [-0.3, -0.25) is 10.6 Å². The van der Waals surface area contributed by atoms with Crippen molar-refractivity contribution in [1.29, 1.82) is 0 Å². The summed E-state index contributed by atoms with van der Waals surface area (Å²) in [5, 5.41) is 3.44. The van der Waals surface area contributed by atoms with Gasteiger partial charge in [0.15, 0.2) is 0 Å². The molecule has 6 heteroatoms. The number of nitrogen functional groups attached to an aromatic ring is 1. The first-order valence-electron chi connectivity index (χ1n) is 5.85. The molecule has 0 radical (unpaired) electrons. The molecular formula is C14H13Cl2N3O. The molecule has 0 fully saturated rings. The van der Waals surface area contributed by atoms with Crippen LogP contribution in [-0.4, -0.2) is 5.91 Å². The van der Waals surface area contributed by atoms with E-state index in [1.54, 1.807) is 30.3 Å². The molecule has 0 aliphatic rings. The first kappa shape index (κ1) is 14.7. The third kappa shape index (κ3) is 3.04. The highest BCUT2D eigenvalue weighted by molar-refractivity contribution is 6.40. The summed E-state index contributed by atoms with van der Waals surface area (Å²) in [4.78, 5) is 12.3. The number of anilines is 2. The van der Waals surface area contributed by atoms with Gasteiger partial charge in [-0.05, 0) is 36.8 Å². The number of carbonyl (C=O) groups is 1. The summed E-state index contributed by atoms with van der Waals surface area (Å²) in [6.45, 7) is 1.91. The fourth-order valence-corrected chi connectivity index (χ4v) is 2.27. The van der Waals surface area contributed by atoms with Gasteiger partial charge in [0, 0.05) is 0 Å². The number of hydrogen-bond donors (Lipinski definition) is 3. The summed E-state index contributed by atoms with van der Waals surface area (Å²) in [5.74, 6) is 5.09. The molecule has 0 saturated heterocycles. The average molecular weight is 310 g/mol. The third-order valence-electron chi connectivity index (χ3n) is 2.78. The van der Waals surface area contributed by atoms with Crippen LogP contribution in [0.15, 0.2) is 36.4 Å². The number of aryl methyl sites for hydroxylation is 1. The lowest BCUT2D eigenvalue weighted by Gasteiger charge is -2.12. The number of rotatable bonds is 3. The van der Waals surface area contributed by atoms with Gasteiger partial charge in [-0.1, -0.05) is 35.3 Å². The number of benzene rings is 2. The zero-order chi connectivity index (χ0) is 14.7. The molecule has 4 N–H and O–H groups in total. The molecule has 0 bridgehead atoms. The van der Waals surface area contributed by atoms with Crippen LogP contribution in [-0.2, 0) is 0 Å². The van der Waals surface area contributed by atoms with Crippen LogP contribution in [0.1, 0.15) is 15.9 Å². The maximum atomic E-state index is 12.3. The molecule has 1 amide bonds. The predicted molar refractivity (Wildman–Crippen MR) is 83.4 cm³/mol. The quantitative estimate of drug-likeness (QED) is 0.596. The van der Waals surface area contributed by atoms with Crippen molar-refractivity contribution >= 4 is 40.5 Å². The molecule has 0 aliphatic carbocycles. The Labute approximate surface area is 126 Å². The van der Waals surface area contributed by atoms with Crippen molar-refractivity contribution in [3.8, 4) is 0 Å². The van der Waals surface area contributed by atoms with Gasteiger partial charge in [-0.15, -0.1) is 0 Å². The van der Waals surface area contributed by atoms with Crippen LogP contribution in [0.5, 0.6) is 0 Å². The third-order valence-corrected chi connectivity index (χ3v) is 3.41. The second kappa shape index (κ2) is 6.13. The maximum absolute atomic E-state index is 12.3. The largest absolute Gasteiger partial charge is 0.323 e. The monoisotopic (exact) mass is 309 g/mol. The molecule has 2 aromatic carbocycles. The standard InChI is InChI=1S/C14H13Cl2N3O/c1-8-5-6-9(12(7-8)19-17)14(20)18-13-10(15)3-2-4-11(13)16/h2-7,19H,17H2,1H3,(H,18,20). The summed E-state index contributed by atoms with van der Waals surface area (Å²) in [6, 6.07) is 10.3. The number of nitrogens with two attached hydrogens (primary N) is 1. The Morgan fingerprint density at radius 1 is 1.15 bits per heavy atom. The number of para-hydroxylation sites is 1. The number of nitrogens with one attached hydrogen (secondary N) is 2. The Hall–Kier alpha value is -1.75. The van der Waals surface area contributed by atoms with Crippen molar-refractivity contribution in [3.05, 3.63) is 57.6 Å². The smallest absolute Gasteiger partial charge is 0.257 e. The van der Waals surface area contributed by atoms with Crippen LogP contribution in [0.2, 0.25) is 10.0 Å². The summed E-state index contributed by atoms with van der Waals surface area (Å²) in [5.41, 5.74) is 4.82. The summed E-state index contributed by atoms with van der Waals surface area (Å²) in [6.07, 6.45) is 0. The Kier molecular flexibility index (Phi) is 4.49. The number of amides is 1. The lowest BCUT2D eigenvalue weighted by Crippen LogP contribution is -2.17. The van der Waals surface area contributed by atoms with Gasteiger partial charge in [0.05, 0.1) is 27.0 Å². The summed E-state index contributed by atoms with van der Waals surface area (Å²) in [7, 11) is 0. The molecule has 0 heterocycles. The van der Waals surface area contributed by atoms with Crippen LogP contribution in [0.4, 0.5) is 11.4 Å². The zero-order valence-corrected chi connectivity index (χ0v) is 12.2. The van der Waals surface area contributed by atoms with E-state index in [9.17, 15) is 4.79 Å². The Balaban J connectivity index is 2.33. The van der Waals surface area contributed by atoms with Gasteiger partial charge in [0.2, 0.25) is 0 Å². The van der Waals surface area contributed by atoms with E-state index >= 15 is 0 Å². The Bertz CT molecular complexity index is 639. The van der Waals surface area contributed by atoms with Crippen LogP contribution >= 0.6 is 23.2 Å². The van der Waals surface area contributed by atoms with Gasteiger partial charge >= 0.3 is 0 Å². The van der Waals surface area contributed by atoms with Crippen molar-refractivity contribution in [3.63, 3.8) is 0 Å². The highest BCUT2D eigenvalue weighted by Crippen LogP contribution is 2.30. The molecule has 0 spiro atoms. The van der Waals surface area contributed by atoms with E-state index in [0.717, 1.165) is 5.56 Å². The maximum Gasteiger partial charge on any atom is 0.257 e. The lowest BCUT2D eigenvalue weighted by molar-refractivity contribution is 0.102. The minimum Gasteiger partial charge on any atom is -0.323 e. The van der Waals surface area contributed by atoms with Crippen LogP contribution in [0, 0.1) is 6.92 Å². The van der Waals surface area contributed by atoms with Gasteiger partial charge in [-0.2, -0.15) is 0 Å². The highest BCUT2D eigenvalue weighted by atomic mass is 35.5. The summed E-state index contributed by atoms with van der Waals surface area (Å²) >= 11 is 12.0. The number of halogens is 2. The fourth-order valence-electron chi connectivity index (χ4n) is 1.77. The van der Waals surface area contributed by atoms with Crippen molar-refractivity contribution in [2.24, 2.45) is 5.84 Å². The van der Waals surface area contributed by atoms with E-state index in [1.807, 2.05) is 13.0 Å². The topological polar surface area (TPSA) is 67.2 Å². The first-order valence-corrected chi connectivity index (χ1v) is 6.61. The van der Waals surface area contributed by atoms with Crippen molar-refractivity contribution in [2.45, 2.75) is 6.92 Å². The van der Waals surface area contributed by atoms with Crippen molar-refractivity contribution in [2.75, 3.05) is 10.7 Å². The molecule has 4 nitrogen and oxygen atoms in total. The number of carbonyl (C=O) groups excluding carboxylic acids is 1. The second-order valence-corrected chi connectivity index (χ2v) is 5.06. The van der Waals surface area contributed by atoms with Gasteiger partial charge in [-0.25, -0.2) is 0 Å². The minimum atomic E-state index is -0.340. The summed E-state index contributed by atoms with van der Waals surface area (Å²) < 4.78 is 0. The average Bonchev–Trinajstić information content (AvgIpc) is 2.42. The second-order valence-electron chi connectivity index (χ2n) is 4.24. The Morgan fingerprint density at radius 2 is 1.80 bits per heavy atom. The molecule has 104 valence electrons. The van der Waals surface area contributed by atoms with Crippen molar-refractivity contribution in [1.82, 2.24) is 0 Å². The molecule has 0 saturated carbocycles. The van der Waals surface area contributed by atoms with Gasteiger partial charge in [0.1, 0.15) is 0 Å². The van der Waals surface area contributed by atoms with E-state index in [1.165, 1.54) is 0 Å². The van der Waals surface area contributed by atoms with Crippen LogP contribution in [0.25, 0.3) is 0 Å². The van der Waals surface area contributed by atoms with E-state index in [2.05, 4.69) is 10.7 Å². The van der Waals surface area contributed by atoms with Crippen LogP contribution < -0.4 is 16.6 Å². The molecular weight excluding hydrogens is 297 g/mol. The zero-order valence-electron chi connectivity index (χ0n) is 10.7. The molecule has 0 aromatic heterocycles. The number of hydrogen-bond acceptors (Lipinski definition) is 3. The molecule has 20 heavy (non-hydrogen) atoms. The molecule has 0 atom stereocenters. The van der Waals surface area contributed by atoms with Crippen LogP contribution in [0.3, 0.4) is 0 Å². The van der Waals surface area contributed by atoms with Crippen molar-refractivity contribution < 1.29 is 4.79 Å².